The Bertz CT molecular complexity index is 484. The lowest BCUT2D eigenvalue weighted by molar-refractivity contribution is 0.495. The quantitative estimate of drug-likeness (QED) is 0.830. The lowest BCUT2D eigenvalue weighted by atomic mass is 10.2. The number of halogens is 1. The van der Waals surface area contributed by atoms with Crippen molar-refractivity contribution in [2.75, 3.05) is 13.6 Å². The minimum Gasteiger partial charge on any atom is -0.421 e. The van der Waals surface area contributed by atoms with Gasteiger partial charge in [-0.25, -0.2) is 0 Å². The van der Waals surface area contributed by atoms with Gasteiger partial charge in [0.1, 0.15) is 0 Å². The van der Waals surface area contributed by atoms with Crippen molar-refractivity contribution in [3.05, 3.63) is 35.2 Å². The van der Waals surface area contributed by atoms with Crippen molar-refractivity contribution < 1.29 is 4.42 Å². The van der Waals surface area contributed by atoms with Gasteiger partial charge in [0.2, 0.25) is 11.8 Å². The van der Waals surface area contributed by atoms with Gasteiger partial charge >= 0.3 is 0 Å². The molecule has 1 aromatic heterocycles. The molecule has 0 atom stereocenters. The molecule has 0 spiro atoms. The van der Waals surface area contributed by atoms with Crippen molar-refractivity contribution in [2.24, 2.45) is 0 Å². The molecule has 5 heteroatoms. The SMILES string of the molecule is CNCCCc1nnc(-c2ccccc2Cl)o1. The summed E-state index contributed by atoms with van der Waals surface area (Å²) in [5.74, 6) is 1.13. The second-order valence-electron chi connectivity index (χ2n) is 3.69. The van der Waals surface area contributed by atoms with Crippen LogP contribution in [0.1, 0.15) is 12.3 Å². The first-order valence-corrected chi connectivity index (χ1v) is 5.91. The summed E-state index contributed by atoms with van der Waals surface area (Å²) in [5, 5.41) is 11.7. The van der Waals surface area contributed by atoms with Crippen LogP contribution in [0.5, 0.6) is 0 Å². The van der Waals surface area contributed by atoms with E-state index in [1.54, 1.807) is 0 Å². The van der Waals surface area contributed by atoms with Crippen molar-refractivity contribution in [3.8, 4) is 11.5 Å². The molecule has 0 saturated carbocycles. The van der Waals surface area contributed by atoms with Crippen molar-refractivity contribution in [1.29, 1.82) is 0 Å². The molecule has 0 saturated heterocycles. The fourth-order valence-corrected chi connectivity index (χ4v) is 1.73. The van der Waals surface area contributed by atoms with E-state index < -0.39 is 0 Å². The van der Waals surface area contributed by atoms with Crippen molar-refractivity contribution >= 4 is 11.6 Å². The molecule has 0 unspecified atom stereocenters. The average molecular weight is 252 g/mol. The smallest absolute Gasteiger partial charge is 0.249 e. The Morgan fingerprint density at radius 3 is 2.88 bits per heavy atom. The Morgan fingerprint density at radius 1 is 1.29 bits per heavy atom. The molecule has 0 aliphatic heterocycles. The number of hydrogen-bond acceptors (Lipinski definition) is 4. The summed E-state index contributed by atoms with van der Waals surface area (Å²) in [6.45, 7) is 0.934. The predicted octanol–water partition coefficient (Wildman–Crippen LogP) is 2.54. The van der Waals surface area contributed by atoms with Gasteiger partial charge in [0, 0.05) is 6.42 Å². The zero-order valence-electron chi connectivity index (χ0n) is 9.61. The molecular formula is C12H14ClN3O. The van der Waals surface area contributed by atoms with Crippen molar-refractivity contribution in [3.63, 3.8) is 0 Å². The first-order chi connectivity index (χ1) is 8.31. The van der Waals surface area contributed by atoms with E-state index in [-0.39, 0.29) is 0 Å². The molecule has 1 heterocycles. The Balaban J connectivity index is 2.10. The van der Waals surface area contributed by atoms with Gasteiger partial charge in [-0.2, -0.15) is 0 Å². The van der Waals surface area contributed by atoms with Crippen LogP contribution in [0.3, 0.4) is 0 Å². The summed E-state index contributed by atoms with van der Waals surface area (Å²) in [6, 6.07) is 7.44. The number of nitrogens with zero attached hydrogens (tertiary/aromatic N) is 2. The summed E-state index contributed by atoms with van der Waals surface area (Å²) in [6.07, 6.45) is 1.75. The maximum Gasteiger partial charge on any atom is 0.249 e. The highest BCUT2D eigenvalue weighted by Gasteiger charge is 2.10. The molecule has 1 aromatic carbocycles. The minimum atomic E-state index is 0.482. The fraction of sp³-hybridized carbons (Fsp3) is 0.333. The monoisotopic (exact) mass is 251 g/mol. The molecule has 0 amide bonds. The topological polar surface area (TPSA) is 51.0 Å². The van der Waals surface area contributed by atoms with Crippen LogP contribution in [0, 0.1) is 0 Å². The van der Waals surface area contributed by atoms with E-state index in [1.807, 2.05) is 31.3 Å². The Labute approximate surface area is 105 Å². The van der Waals surface area contributed by atoms with Gasteiger partial charge in [0.15, 0.2) is 0 Å². The van der Waals surface area contributed by atoms with Gasteiger partial charge in [-0.05, 0) is 32.1 Å². The van der Waals surface area contributed by atoms with E-state index in [4.69, 9.17) is 16.0 Å². The van der Waals surface area contributed by atoms with Crippen molar-refractivity contribution in [2.45, 2.75) is 12.8 Å². The van der Waals surface area contributed by atoms with Gasteiger partial charge < -0.3 is 9.73 Å². The largest absolute Gasteiger partial charge is 0.421 e. The second kappa shape index (κ2) is 5.80. The molecule has 2 aromatic rings. The number of nitrogens with one attached hydrogen (secondary N) is 1. The van der Waals surface area contributed by atoms with Gasteiger partial charge in [0.25, 0.3) is 0 Å². The van der Waals surface area contributed by atoms with Gasteiger partial charge in [-0.1, -0.05) is 23.7 Å². The number of aromatic nitrogens is 2. The molecule has 2 rings (SSSR count). The number of rotatable bonds is 5. The minimum absolute atomic E-state index is 0.482. The third-order valence-corrected chi connectivity index (χ3v) is 2.72. The third kappa shape index (κ3) is 3.05. The lowest BCUT2D eigenvalue weighted by Gasteiger charge is -1.97. The lowest BCUT2D eigenvalue weighted by Crippen LogP contribution is -2.08. The average Bonchev–Trinajstić information content (AvgIpc) is 2.79. The maximum absolute atomic E-state index is 6.06. The highest BCUT2D eigenvalue weighted by molar-refractivity contribution is 6.33. The molecule has 1 N–H and O–H groups in total. The molecule has 0 aliphatic rings. The first kappa shape index (κ1) is 12.1. The molecular weight excluding hydrogens is 238 g/mol. The molecule has 90 valence electrons. The number of benzene rings is 1. The third-order valence-electron chi connectivity index (χ3n) is 2.39. The van der Waals surface area contributed by atoms with Gasteiger partial charge in [0.05, 0.1) is 10.6 Å². The molecule has 0 aliphatic carbocycles. The second-order valence-corrected chi connectivity index (χ2v) is 4.10. The molecule has 0 fully saturated rings. The van der Waals surface area contributed by atoms with Crippen LogP contribution in [-0.2, 0) is 6.42 Å². The zero-order valence-corrected chi connectivity index (χ0v) is 10.4. The van der Waals surface area contributed by atoms with Crippen LogP contribution in [0.25, 0.3) is 11.5 Å². The highest BCUT2D eigenvalue weighted by atomic mass is 35.5. The van der Waals surface area contributed by atoms with Crippen LogP contribution in [-0.4, -0.2) is 23.8 Å². The van der Waals surface area contributed by atoms with E-state index in [9.17, 15) is 0 Å². The van der Waals surface area contributed by atoms with Gasteiger partial charge in [-0.3, -0.25) is 0 Å². The van der Waals surface area contributed by atoms with Crippen LogP contribution in [0.2, 0.25) is 5.02 Å². The van der Waals surface area contributed by atoms with Crippen LogP contribution < -0.4 is 5.32 Å². The van der Waals surface area contributed by atoms with Crippen LogP contribution >= 0.6 is 11.6 Å². The Morgan fingerprint density at radius 2 is 2.12 bits per heavy atom. The van der Waals surface area contributed by atoms with Gasteiger partial charge in [-0.15, -0.1) is 10.2 Å². The molecule has 0 radical (unpaired) electrons. The number of aryl methyl sites for hydroxylation is 1. The Hall–Kier alpha value is -1.39. The highest BCUT2D eigenvalue weighted by Crippen LogP contribution is 2.26. The van der Waals surface area contributed by atoms with Crippen molar-refractivity contribution in [1.82, 2.24) is 15.5 Å². The summed E-state index contributed by atoms with van der Waals surface area (Å²) in [5.41, 5.74) is 0.779. The van der Waals surface area contributed by atoms with E-state index >= 15 is 0 Å². The standard InChI is InChI=1S/C12H14ClN3O/c1-14-8-4-7-11-15-16-12(17-11)9-5-2-3-6-10(9)13/h2-3,5-6,14H,4,7-8H2,1H3. The van der Waals surface area contributed by atoms with E-state index in [1.165, 1.54) is 0 Å². The van der Waals surface area contributed by atoms with E-state index in [0.717, 1.165) is 24.9 Å². The zero-order chi connectivity index (χ0) is 12.1. The Kier molecular flexibility index (Phi) is 4.12. The normalized spacial score (nSPS) is 10.7. The summed E-state index contributed by atoms with van der Waals surface area (Å²) < 4.78 is 5.56. The molecule has 4 nitrogen and oxygen atoms in total. The molecule has 17 heavy (non-hydrogen) atoms. The molecule has 0 bridgehead atoms. The fourth-order valence-electron chi connectivity index (χ4n) is 1.51. The predicted molar refractivity (Wildman–Crippen MR) is 67.0 cm³/mol. The maximum atomic E-state index is 6.06. The number of hydrogen-bond donors (Lipinski definition) is 1. The van der Waals surface area contributed by atoms with E-state index in [0.29, 0.717) is 16.8 Å². The van der Waals surface area contributed by atoms with Crippen LogP contribution in [0.4, 0.5) is 0 Å². The summed E-state index contributed by atoms with van der Waals surface area (Å²) in [7, 11) is 1.92. The van der Waals surface area contributed by atoms with E-state index in [2.05, 4.69) is 15.5 Å². The van der Waals surface area contributed by atoms with Crippen LogP contribution in [0.15, 0.2) is 28.7 Å². The summed E-state index contributed by atoms with van der Waals surface area (Å²) in [4.78, 5) is 0. The first-order valence-electron chi connectivity index (χ1n) is 5.53. The summed E-state index contributed by atoms with van der Waals surface area (Å²) >= 11 is 6.06.